The van der Waals surface area contributed by atoms with Crippen molar-refractivity contribution in [2.45, 2.75) is 11.8 Å². The van der Waals surface area contributed by atoms with Gasteiger partial charge in [-0.1, -0.05) is 12.1 Å². The van der Waals surface area contributed by atoms with Gasteiger partial charge < -0.3 is 5.11 Å². The number of phenols is 1. The van der Waals surface area contributed by atoms with Gasteiger partial charge in [-0.2, -0.15) is 0 Å². The first kappa shape index (κ1) is 9.40. The highest BCUT2D eigenvalue weighted by Crippen LogP contribution is 2.37. The van der Waals surface area contributed by atoms with Crippen LogP contribution in [0.3, 0.4) is 0 Å². The summed E-state index contributed by atoms with van der Waals surface area (Å²) in [5.74, 6) is 0.241. The van der Waals surface area contributed by atoms with E-state index in [1.165, 1.54) is 0 Å². The van der Waals surface area contributed by atoms with Gasteiger partial charge in [0, 0.05) is 0 Å². The van der Waals surface area contributed by atoms with Crippen molar-refractivity contribution < 1.29 is 9.90 Å². The zero-order valence-corrected chi connectivity index (χ0v) is 8.62. The fourth-order valence-electron chi connectivity index (χ4n) is 1.53. The first-order chi connectivity index (χ1) is 6.74. The lowest BCUT2D eigenvalue weighted by Crippen LogP contribution is -2.50. The first-order valence-corrected chi connectivity index (χ1v) is 5.65. The Morgan fingerprint density at radius 1 is 1.50 bits per heavy atom. The average molecular weight is 209 g/mol. The van der Waals surface area contributed by atoms with Crippen LogP contribution in [-0.4, -0.2) is 22.6 Å². The molecule has 0 saturated carbocycles. The number of carbonyl (C=O) groups excluding carboxylic acids is 1. The van der Waals surface area contributed by atoms with Gasteiger partial charge in [0.2, 0.25) is 5.91 Å². The van der Waals surface area contributed by atoms with Crippen LogP contribution in [0.25, 0.3) is 0 Å². The minimum absolute atomic E-state index is 0.0749. The van der Waals surface area contributed by atoms with E-state index in [0.29, 0.717) is 12.1 Å². The van der Waals surface area contributed by atoms with Gasteiger partial charge in [-0.25, -0.2) is 0 Å². The molecule has 1 amide bonds. The monoisotopic (exact) mass is 209 g/mol. The molecule has 1 aliphatic heterocycles. The van der Waals surface area contributed by atoms with Crippen LogP contribution < -0.4 is 4.90 Å². The average Bonchev–Trinajstić information content (AvgIpc) is 2.17. The molecule has 4 heteroatoms. The van der Waals surface area contributed by atoms with Crippen LogP contribution in [0.4, 0.5) is 5.69 Å². The van der Waals surface area contributed by atoms with Crippen LogP contribution >= 0.6 is 11.8 Å². The summed E-state index contributed by atoms with van der Waals surface area (Å²) in [4.78, 5) is 13.0. The van der Waals surface area contributed by atoms with Gasteiger partial charge >= 0.3 is 0 Å². The fourth-order valence-corrected chi connectivity index (χ4v) is 2.28. The van der Waals surface area contributed by atoms with Crippen LogP contribution in [0.2, 0.25) is 0 Å². The maximum absolute atomic E-state index is 11.4. The summed E-state index contributed by atoms with van der Waals surface area (Å²) in [6.07, 6.45) is 2.53. The van der Waals surface area contributed by atoms with Crippen LogP contribution in [0.15, 0.2) is 24.3 Å². The van der Waals surface area contributed by atoms with Crippen molar-refractivity contribution >= 4 is 23.4 Å². The van der Waals surface area contributed by atoms with E-state index in [1.54, 1.807) is 34.9 Å². The Kier molecular flexibility index (Phi) is 2.37. The Morgan fingerprint density at radius 2 is 2.21 bits per heavy atom. The molecule has 1 unspecified atom stereocenters. The van der Waals surface area contributed by atoms with E-state index in [-0.39, 0.29) is 17.0 Å². The standard InChI is InChI=1S/C10H11NO2S/c1-14-10-6-9(13)11(10)7-4-2-3-5-8(7)12/h2-5,10,12H,6H2,1H3. The van der Waals surface area contributed by atoms with Crippen molar-refractivity contribution in [2.75, 3.05) is 11.2 Å². The van der Waals surface area contributed by atoms with Crippen LogP contribution in [0.1, 0.15) is 6.42 Å². The van der Waals surface area contributed by atoms with E-state index in [0.717, 1.165) is 0 Å². The molecule has 2 rings (SSSR count). The number of phenolic OH excluding ortho intramolecular Hbond substituents is 1. The molecule has 0 aromatic heterocycles. The molecule has 1 N–H and O–H groups in total. The summed E-state index contributed by atoms with van der Waals surface area (Å²) in [7, 11) is 0. The van der Waals surface area contributed by atoms with Gasteiger partial charge in [-0.05, 0) is 18.4 Å². The second kappa shape index (κ2) is 3.53. The van der Waals surface area contributed by atoms with E-state index in [2.05, 4.69) is 0 Å². The Bertz CT molecular complexity index is 367. The lowest BCUT2D eigenvalue weighted by Gasteiger charge is -2.39. The number of carbonyl (C=O) groups is 1. The van der Waals surface area contributed by atoms with E-state index in [4.69, 9.17) is 0 Å². The topological polar surface area (TPSA) is 40.5 Å². The second-order valence-corrected chi connectivity index (χ2v) is 4.16. The van der Waals surface area contributed by atoms with Crippen molar-refractivity contribution in [3.63, 3.8) is 0 Å². The number of β-lactam (4-membered cyclic amide) rings is 1. The third-order valence-electron chi connectivity index (χ3n) is 2.32. The van der Waals surface area contributed by atoms with Gasteiger partial charge in [0.1, 0.15) is 5.75 Å². The van der Waals surface area contributed by atoms with Crippen molar-refractivity contribution in [2.24, 2.45) is 0 Å². The summed E-state index contributed by atoms with van der Waals surface area (Å²) >= 11 is 1.62. The smallest absolute Gasteiger partial charge is 0.231 e. The van der Waals surface area contributed by atoms with Crippen molar-refractivity contribution in [1.82, 2.24) is 0 Å². The highest BCUT2D eigenvalue weighted by Gasteiger charge is 2.37. The van der Waals surface area contributed by atoms with Crippen LogP contribution in [0.5, 0.6) is 5.75 Å². The third-order valence-corrected chi connectivity index (χ3v) is 3.24. The van der Waals surface area contributed by atoms with Gasteiger partial charge in [0.15, 0.2) is 0 Å². The molecule has 0 aliphatic carbocycles. The summed E-state index contributed by atoms with van der Waals surface area (Å²) in [6.45, 7) is 0. The summed E-state index contributed by atoms with van der Waals surface area (Å²) < 4.78 is 0. The van der Waals surface area contributed by atoms with Crippen LogP contribution in [0, 0.1) is 0 Å². The van der Waals surface area contributed by atoms with Crippen LogP contribution in [-0.2, 0) is 4.79 Å². The molecule has 1 heterocycles. The maximum atomic E-state index is 11.4. The number of amides is 1. The molecule has 0 radical (unpaired) electrons. The predicted molar refractivity (Wildman–Crippen MR) is 57.5 cm³/mol. The Morgan fingerprint density at radius 3 is 2.79 bits per heavy atom. The van der Waals surface area contributed by atoms with E-state index in [1.807, 2.05) is 12.3 Å². The van der Waals surface area contributed by atoms with Gasteiger partial charge in [0.25, 0.3) is 0 Å². The van der Waals surface area contributed by atoms with Gasteiger partial charge in [-0.15, -0.1) is 11.8 Å². The predicted octanol–water partition coefficient (Wildman–Crippen LogP) is 1.82. The molecule has 1 atom stereocenters. The number of thioether (sulfide) groups is 1. The number of aromatic hydroxyl groups is 1. The molecule has 74 valence electrons. The number of anilines is 1. The van der Waals surface area contributed by atoms with E-state index >= 15 is 0 Å². The molecule has 0 spiro atoms. The van der Waals surface area contributed by atoms with Crippen molar-refractivity contribution in [3.05, 3.63) is 24.3 Å². The molecule has 1 aliphatic rings. The quantitative estimate of drug-likeness (QED) is 0.755. The Hall–Kier alpha value is -1.16. The minimum Gasteiger partial charge on any atom is -0.506 e. The largest absolute Gasteiger partial charge is 0.506 e. The maximum Gasteiger partial charge on any atom is 0.231 e. The highest BCUT2D eigenvalue weighted by molar-refractivity contribution is 7.99. The van der Waals surface area contributed by atoms with E-state index in [9.17, 15) is 9.90 Å². The lowest BCUT2D eigenvalue weighted by molar-refractivity contribution is -0.122. The second-order valence-electron chi connectivity index (χ2n) is 3.15. The molecule has 1 aromatic rings. The van der Waals surface area contributed by atoms with E-state index < -0.39 is 0 Å². The molecule has 1 saturated heterocycles. The SMILES string of the molecule is CSC1CC(=O)N1c1ccccc1O. The molecular weight excluding hydrogens is 198 g/mol. The molecule has 3 nitrogen and oxygen atoms in total. The van der Waals surface area contributed by atoms with Crippen molar-refractivity contribution in [1.29, 1.82) is 0 Å². The molecular formula is C10H11NO2S. The number of benzene rings is 1. The zero-order chi connectivity index (χ0) is 10.1. The molecule has 0 bridgehead atoms. The zero-order valence-electron chi connectivity index (χ0n) is 7.80. The van der Waals surface area contributed by atoms with Crippen molar-refractivity contribution in [3.8, 4) is 5.75 Å². The first-order valence-electron chi connectivity index (χ1n) is 4.37. The number of rotatable bonds is 2. The molecule has 1 aromatic carbocycles. The number of hydrogen-bond donors (Lipinski definition) is 1. The molecule has 14 heavy (non-hydrogen) atoms. The summed E-state index contributed by atoms with van der Waals surface area (Å²) in [5.41, 5.74) is 0.614. The Balaban J connectivity index is 2.30. The van der Waals surface area contributed by atoms with Gasteiger partial charge in [-0.3, -0.25) is 9.69 Å². The number of nitrogens with zero attached hydrogens (tertiary/aromatic N) is 1. The summed E-state index contributed by atoms with van der Waals surface area (Å²) in [6, 6.07) is 6.92. The highest BCUT2D eigenvalue weighted by atomic mass is 32.2. The normalized spacial score (nSPS) is 20.8. The number of para-hydroxylation sites is 2. The lowest BCUT2D eigenvalue weighted by atomic mass is 10.1. The fraction of sp³-hybridized carbons (Fsp3) is 0.300. The molecule has 1 fully saturated rings. The van der Waals surface area contributed by atoms with Gasteiger partial charge in [0.05, 0.1) is 17.5 Å². The third kappa shape index (κ3) is 1.35. The summed E-state index contributed by atoms with van der Waals surface area (Å²) in [5, 5.41) is 9.75. The Labute approximate surface area is 86.7 Å². The minimum atomic E-state index is 0.0749. The number of hydrogen-bond acceptors (Lipinski definition) is 3.